The molecule has 1 saturated heterocycles. The van der Waals surface area contributed by atoms with Gasteiger partial charge in [-0.2, -0.15) is 0 Å². The second kappa shape index (κ2) is 7.46. The van der Waals surface area contributed by atoms with E-state index in [9.17, 15) is 4.79 Å². The molecule has 0 aliphatic carbocycles. The van der Waals surface area contributed by atoms with E-state index >= 15 is 0 Å². The molecule has 0 saturated carbocycles. The lowest BCUT2D eigenvalue weighted by Gasteiger charge is -2.33. The molecule has 0 spiro atoms. The Morgan fingerprint density at radius 3 is 2.91 bits per heavy atom. The SMILES string of the molecule is Cc1cc(N2CCC(CNC(=O)Nc3cccs3)CC2)ccn1. The first-order valence-corrected chi connectivity index (χ1v) is 8.84. The van der Waals surface area contributed by atoms with Crippen molar-refractivity contribution < 1.29 is 4.79 Å². The molecular weight excluding hydrogens is 308 g/mol. The van der Waals surface area contributed by atoms with Crippen molar-refractivity contribution in [3.05, 3.63) is 41.5 Å². The van der Waals surface area contributed by atoms with E-state index in [0.29, 0.717) is 5.92 Å². The van der Waals surface area contributed by atoms with Crippen LogP contribution in [0.25, 0.3) is 0 Å². The van der Waals surface area contributed by atoms with Crippen LogP contribution in [0.15, 0.2) is 35.8 Å². The van der Waals surface area contributed by atoms with E-state index in [4.69, 9.17) is 0 Å². The Morgan fingerprint density at radius 1 is 1.39 bits per heavy atom. The quantitative estimate of drug-likeness (QED) is 0.902. The largest absolute Gasteiger partial charge is 0.371 e. The van der Waals surface area contributed by atoms with E-state index in [-0.39, 0.29) is 6.03 Å². The lowest BCUT2D eigenvalue weighted by atomic mass is 9.96. The number of hydrogen-bond donors (Lipinski definition) is 2. The number of pyridine rings is 1. The van der Waals surface area contributed by atoms with Crippen LogP contribution in [0.5, 0.6) is 0 Å². The average molecular weight is 330 g/mol. The number of amides is 2. The molecule has 0 unspecified atom stereocenters. The third kappa shape index (κ3) is 4.45. The van der Waals surface area contributed by atoms with Crippen LogP contribution in [-0.4, -0.2) is 30.6 Å². The molecule has 2 aromatic rings. The number of urea groups is 1. The Kier molecular flexibility index (Phi) is 5.12. The summed E-state index contributed by atoms with van der Waals surface area (Å²) in [5.74, 6) is 0.545. The minimum Gasteiger partial charge on any atom is -0.371 e. The molecule has 1 aliphatic heterocycles. The Morgan fingerprint density at radius 2 is 2.22 bits per heavy atom. The van der Waals surface area contributed by atoms with E-state index in [1.807, 2.05) is 30.6 Å². The highest BCUT2D eigenvalue weighted by Gasteiger charge is 2.20. The number of nitrogens with zero attached hydrogens (tertiary/aromatic N) is 2. The van der Waals surface area contributed by atoms with Crippen LogP contribution in [0, 0.1) is 12.8 Å². The number of aromatic nitrogens is 1. The van der Waals surface area contributed by atoms with Crippen molar-refractivity contribution in [2.24, 2.45) is 5.92 Å². The van der Waals surface area contributed by atoms with Gasteiger partial charge in [0.2, 0.25) is 0 Å². The molecule has 2 amide bonds. The standard InChI is InChI=1S/C17H22N4OS/c1-13-11-15(4-7-18-13)21-8-5-14(6-9-21)12-19-17(22)20-16-3-2-10-23-16/h2-4,7,10-11,14H,5-6,8-9,12H2,1H3,(H2,19,20,22). The van der Waals surface area contributed by atoms with Crippen LogP contribution in [0.4, 0.5) is 15.5 Å². The summed E-state index contributed by atoms with van der Waals surface area (Å²) in [6.45, 7) is 4.82. The molecule has 2 aromatic heterocycles. The van der Waals surface area contributed by atoms with E-state index in [1.165, 1.54) is 17.0 Å². The summed E-state index contributed by atoms with van der Waals surface area (Å²) in [4.78, 5) is 18.5. The van der Waals surface area contributed by atoms with Crippen molar-refractivity contribution in [1.82, 2.24) is 10.3 Å². The molecule has 0 bridgehead atoms. The number of carbonyl (C=O) groups is 1. The van der Waals surface area contributed by atoms with E-state index in [0.717, 1.165) is 43.2 Å². The molecule has 0 aromatic carbocycles. The van der Waals surface area contributed by atoms with Crippen molar-refractivity contribution in [2.45, 2.75) is 19.8 Å². The first-order valence-electron chi connectivity index (χ1n) is 7.96. The van der Waals surface area contributed by atoms with Crippen molar-refractivity contribution >= 4 is 28.1 Å². The van der Waals surface area contributed by atoms with Crippen LogP contribution in [-0.2, 0) is 0 Å². The molecule has 1 fully saturated rings. The van der Waals surface area contributed by atoms with Crippen molar-refractivity contribution in [3.8, 4) is 0 Å². The maximum Gasteiger partial charge on any atom is 0.319 e. The van der Waals surface area contributed by atoms with Gasteiger partial charge < -0.3 is 10.2 Å². The molecule has 0 atom stereocenters. The molecule has 3 rings (SSSR count). The first-order chi connectivity index (χ1) is 11.2. The predicted molar refractivity (Wildman–Crippen MR) is 95.3 cm³/mol. The average Bonchev–Trinajstić information content (AvgIpc) is 3.06. The lowest BCUT2D eigenvalue weighted by molar-refractivity contribution is 0.248. The number of anilines is 2. The van der Waals surface area contributed by atoms with Crippen LogP contribution in [0.2, 0.25) is 0 Å². The molecule has 3 heterocycles. The van der Waals surface area contributed by atoms with Crippen LogP contribution < -0.4 is 15.5 Å². The smallest absolute Gasteiger partial charge is 0.319 e. The molecule has 6 heteroatoms. The van der Waals surface area contributed by atoms with Gasteiger partial charge in [-0.3, -0.25) is 10.3 Å². The number of thiophene rings is 1. The highest BCUT2D eigenvalue weighted by molar-refractivity contribution is 7.14. The van der Waals surface area contributed by atoms with Gasteiger partial charge in [0.15, 0.2) is 0 Å². The van der Waals surface area contributed by atoms with Gasteiger partial charge in [0.05, 0.1) is 5.00 Å². The molecule has 2 N–H and O–H groups in total. The van der Waals surface area contributed by atoms with E-state index in [1.54, 1.807) is 0 Å². The van der Waals surface area contributed by atoms with Gasteiger partial charge >= 0.3 is 6.03 Å². The fourth-order valence-corrected chi connectivity index (χ4v) is 3.48. The van der Waals surface area contributed by atoms with Crippen molar-refractivity contribution in [2.75, 3.05) is 29.9 Å². The summed E-state index contributed by atoms with van der Waals surface area (Å²) in [6, 6.07) is 7.92. The van der Waals surface area contributed by atoms with E-state index < -0.39 is 0 Å². The van der Waals surface area contributed by atoms with Gasteiger partial charge in [0.25, 0.3) is 0 Å². The Balaban J connectivity index is 1.41. The summed E-state index contributed by atoms with van der Waals surface area (Å²) in [5, 5.41) is 8.67. The topological polar surface area (TPSA) is 57.3 Å². The summed E-state index contributed by atoms with van der Waals surface area (Å²) in [5.41, 5.74) is 2.30. The number of hydrogen-bond acceptors (Lipinski definition) is 4. The summed E-state index contributed by atoms with van der Waals surface area (Å²) < 4.78 is 0. The molecule has 122 valence electrons. The molecule has 0 radical (unpaired) electrons. The van der Waals surface area contributed by atoms with Gasteiger partial charge in [-0.15, -0.1) is 11.3 Å². The normalized spacial score (nSPS) is 15.4. The maximum absolute atomic E-state index is 11.8. The zero-order valence-electron chi connectivity index (χ0n) is 13.3. The number of aryl methyl sites for hydroxylation is 1. The number of rotatable bonds is 4. The van der Waals surface area contributed by atoms with Gasteiger partial charge in [-0.05, 0) is 55.3 Å². The highest BCUT2D eigenvalue weighted by Crippen LogP contribution is 2.23. The Hall–Kier alpha value is -2.08. The van der Waals surface area contributed by atoms with Gasteiger partial charge in [-0.1, -0.05) is 0 Å². The van der Waals surface area contributed by atoms with E-state index in [2.05, 4.69) is 32.7 Å². The number of carbonyl (C=O) groups excluding carboxylic acids is 1. The maximum atomic E-state index is 11.8. The third-order valence-corrected chi connectivity index (χ3v) is 4.95. The van der Waals surface area contributed by atoms with Crippen molar-refractivity contribution in [3.63, 3.8) is 0 Å². The molecular formula is C17H22N4OS. The van der Waals surface area contributed by atoms with Crippen molar-refractivity contribution in [1.29, 1.82) is 0 Å². The number of nitrogens with one attached hydrogen (secondary N) is 2. The Labute approximate surface area is 140 Å². The molecule has 23 heavy (non-hydrogen) atoms. The number of piperidine rings is 1. The third-order valence-electron chi connectivity index (χ3n) is 4.17. The summed E-state index contributed by atoms with van der Waals surface area (Å²) in [6.07, 6.45) is 4.06. The second-order valence-electron chi connectivity index (χ2n) is 5.90. The first kappa shape index (κ1) is 15.8. The zero-order chi connectivity index (χ0) is 16.1. The highest BCUT2D eigenvalue weighted by atomic mass is 32.1. The fourth-order valence-electron chi connectivity index (χ4n) is 2.87. The second-order valence-corrected chi connectivity index (χ2v) is 6.85. The predicted octanol–water partition coefficient (Wildman–Crippen LogP) is 3.49. The van der Waals surface area contributed by atoms with Gasteiger partial charge in [-0.25, -0.2) is 4.79 Å². The van der Waals surface area contributed by atoms with Crippen LogP contribution in [0.1, 0.15) is 18.5 Å². The van der Waals surface area contributed by atoms with Crippen LogP contribution in [0.3, 0.4) is 0 Å². The Bertz CT molecular complexity index is 636. The monoisotopic (exact) mass is 330 g/mol. The molecule has 1 aliphatic rings. The molecule has 5 nitrogen and oxygen atoms in total. The minimum atomic E-state index is -0.111. The lowest BCUT2D eigenvalue weighted by Crippen LogP contribution is -2.39. The van der Waals surface area contributed by atoms with Gasteiger partial charge in [0, 0.05) is 37.2 Å². The van der Waals surface area contributed by atoms with Gasteiger partial charge in [0.1, 0.15) is 0 Å². The zero-order valence-corrected chi connectivity index (χ0v) is 14.1. The fraction of sp³-hybridized carbons (Fsp3) is 0.412. The summed E-state index contributed by atoms with van der Waals surface area (Å²) >= 11 is 1.53. The minimum absolute atomic E-state index is 0.111. The van der Waals surface area contributed by atoms with Crippen LogP contribution >= 0.6 is 11.3 Å². The summed E-state index contributed by atoms with van der Waals surface area (Å²) in [7, 11) is 0.